The molecule has 0 amide bonds. The van der Waals surface area contributed by atoms with Crippen LogP contribution < -0.4 is 0 Å². The Kier molecular flexibility index (Phi) is 4.26. The minimum Gasteiger partial charge on any atom is -0.423 e. The Hall–Kier alpha value is -0.443. The average molecular weight is 173 g/mol. The number of aliphatic imine (C=N–C) groups is 1. The molecule has 0 fully saturated rings. The zero-order chi connectivity index (χ0) is 8.91. The summed E-state index contributed by atoms with van der Waals surface area (Å²) in [5.74, 6) is 0.265. The van der Waals surface area contributed by atoms with Gasteiger partial charge in [-0.25, -0.2) is 9.79 Å². The standard InChI is InChI=1S/C7H15NO2Si/c1-6(4-8-5-9)7(2,3)10-11/h6H,4H2,1-3,11H3. The van der Waals surface area contributed by atoms with Crippen LogP contribution in [0.3, 0.4) is 0 Å². The van der Waals surface area contributed by atoms with E-state index in [1.807, 2.05) is 20.8 Å². The summed E-state index contributed by atoms with van der Waals surface area (Å²) < 4.78 is 5.35. The van der Waals surface area contributed by atoms with Gasteiger partial charge in [0.1, 0.15) is 10.5 Å². The Labute approximate surface area is 70.4 Å². The maximum absolute atomic E-state index is 9.80. The largest absolute Gasteiger partial charge is 0.423 e. The number of hydrogen-bond donors (Lipinski definition) is 0. The molecule has 0 spiro atoms. The van der Waals surface area contributed by atoms with E-state index in [0.29, 0.717) is 17.0 Å². The van der Waals surface area contributed by atoms with Crippen LogP contribution in [-0.2, 0) is 9.22 Å². The SMILES string of the molecule is CC(CN=C=O)C(C)(C)O[SiH3]. The van der Waals surface area contributed by atoms with Gasteiger partial charge in [0.2, 0.25) is 6.08 Å². The molecule has 0 N–H and O–H groups in total. The normalized spacial score (nSPS) is 14.1. The first kappa shape index (κ1) is 10.6. The second-order valence-electron chi connectivity index (χ2n) is 3.14. The van der Waals surface area contributed by atoms with Crippen molar-refractivity contribution in [2.45, 2.75) is 26.4 Å². The van der Waals surface area contributed by atoms with Gasteiger partial charge in [-0.2, -0.15) is 0 Å². The lowest BCUT2D eigenvalue weighted by Crippen LogP contribution is -2.33. The van der Waals surface area contributed by atoms with E-state index in [0.717, 1.165) is 0 Å². The van der Waals surface area contributed by atoms with Crippen LogP contribution in [0.4, 0.5) is 0 Å². The van der Waals surface area contributed by atoms with Crippen LogP contribution in [0.25, 0.3) is 0 Å². The van der Waals surface area contributed by atoms with Crippen LogP contribution in [0.5, 0.6) is 0 Å². The van der Waals surface area contributed by atoms with E-state index in [4.69, 9.17) is 4.43 Å². The summed E-state index contributed by atoms with van der Waals surface area (Å²) in [5, 5.41) is 0. The van der Waals surface area contributed by atoms with Gasteiger partial charge in [0, 0.05) is 5.92 Å². The van der Waals surface area contributed by atoms with Crippen molar-refractivity contribution in [1.82, 2.24) is 0 Å². The molecular formula is C7H15NO2Si. The quantitative estimate of drug-likeness (QED) is 0.342. The van der Waals surface area contributed by atoms with E-state index < -0.39 is 0 Å². The molecular weight excluding hydrogens is 158 g/mol. The van der Waals surface area contributed by atoms with E-state index in [9.17, 15) is 4.79 Å². The Morgan fingerprint density at radius 3 is 2.64 bits per heavy atom. The Morgan fingerprint density at radius 1 is 1.73 bits per heavy atom. The Morgan fingerprint density at radius 2 is 2.27 bits per heavy atom. The van der Waals surface area contributed by atoms with Crippen molar-refractivity contribution >= 4 is 16.6 Å². The van der Waals surface area contributed by atoms with Crippen molar-refractivity contribution in [3.8, 4) is 0 Å². The summed E-state index contributed by atoms with van der Waals surface area (Å²) in [4.78, 5) is 13.3. The van der Waals surface area contributed by atoms with E-state index >= 15 is 0 Å². The highest BCUT2D eigenvalue weighted by molar-refractivity contribution is 5.98. The fourth-order valence-electron chi connectivity index (χ4n) is 0.595. The van der Waals surface area contributed by atoms with Gasteiger partial charge in [-0.1, -0.05) is 6.92 Å². The summed E-state index contributed by atoms with van der Waals surface area (Å²) in [6.07, 6.45) is 1.53. The van der Waals surface area contributed by atoms with Crippen molar-refractivity contribution in [2.75, 3.05) is 6.54 Å². The van der Waals surface area contributed by atoms with Gasteiger partial charge in [0.25, 0.3) is 0 Å². The molecule has 3 nitrogen and oxygen atoms in total. The number of nitrogens with zero attached hydrogens (tertiary/aromatic N) is 1. The van der Waals surface area contributed by atoms with E-state index in [1.54, 1.807) is 0 Å². The summed E-state index contributed by atoms with van der Waals surface area (Å²) in [5.41, 5.74) is -0.160. The van der Waals surface area contributed by atoms with Gasteiger partial charge >= 0.3 is 0 Å². The third-order valence-electron chi connectivity index (χ3n) is 2.14. The second-order valence-corrected chi connectivity index (χ2v) is 3.55. The molecule has 0 aromatic rings. The smallest absolute Gasteiger partial charge is 0.234 e. The van der Waals surface area contributed by atoms with Gasteiger partial charge in [-0.15, -0.1) is 0 Å². The van der Waals surface area contributed by atoms with Gasteiger partial charge in [0.15, 0.2) is 0 Å². The topological polar surface area (TPSA) is 38.7 Å². The first-order valence-corrected chi connectivity index (χ1v) is 4.45. The lowest BCUT2D eigenvalue weighted by Gasteiger charge is -2.29. The van der Waals surface area contributed by atoms with Crippen LogP contribution in [-0.4, -0.2) is 28.7 Å². The Bertz CT molecular complexity index is 164. The summed E-state index contributed by atoms with van der Waals surface area (Å²) in [6.45, 7) is 6.52. The highest BCUT2D eigenvalue weighted by Crippen LogP contribution is 2.19. The predicted octanol–water partition coefficient (Wildman–Crippen LogP) is 0.0339. The third kappa shape index (κ3) is 3.46. The zero-order valence-corrected chi connectivity index (χ0v) is 9.55. The van der Waals surface area contributed by atoms with E-state index in [-0.39, 0.29) is 11.5 Å². The van der Waals surface area contributed by atoms with Crippen LogP contribution in [0.1, 0.15) is 20.8 Å². The average Bonchev–Trinajstić information content (AvgIpc) is 2.00. The molecule has 0 aliphatic rings. The summed E-state index contributed by atoms with van der Waals surface area (Å²) in [6, 6.07) is 0. The van der Waals surface area contributed by atoms with Crippen LogP contribution >= 0.6 is 0 Å². The molecule has 0 saturated heterocycles. The molecule has 0 aliphatic heterocycles. The molecule has 0 aliphatic carbocycles. The molecule has 0 aromatic carbocycles. The maximum Gasteiger partial charge on any atom is 0.234 e. The fraction of sp³-hybridized carbons (Fsp3) is 0.857. The molecule has 0 bridgehead atoms. The monoisotopic (exact) mass is 173 g/mol. The highest BCUT2D eigenvalue weighted by atomic mass is 28.2. The number of hydrogen-bond acceptors (Lipinski definition) is 3. The number of carbonyl (C=O) groups excluding carboxylic acids is 1. The number of isocyanates is 1. The van der Waals surface area contributed by atoms with Crippen molar-refractivity contribution in [3.05, 3.63) is 0 Å². The molecule has 64 valence electrons. The van der Waals surface area contributed by atoms with Gasteiger partial charge in [-0.05, 0) is 13.8 Å². The van der Waals surface area contributed by atoms with Crippen LogP contribution in [0.15, 0.2) is 4.99 Å². The number of rotatable bonds is 4. The molecule has 0 saturated carbocycles. The van der Waals surface area contributed by atoms with E-state index in [2.05, 4.69) is 4.99 Å². The summed E-state index contributed by atoms with van der Waals surface area (Å²) in [7, 11) is 0.714. The lowest BCUT2D eigenvalue weighted by molar-refractivity contribution is 0.0662. The first-order chi connectivity index (χ1) is 5.04. The molecule has 0 heterocycles. The predicted molar refractivity (Wildman–Crippen MR) is 47.3 cm³/mol. The van der Waals surface area contributed by atoms with Gasteiger partial charge < -0.3 is 4.43 Å². The third-order valence-corrected chi connectivity index (χ3v) is 3.19. The molecule has 0 aromatic heterocycles. The minimum atomic E-state index is -0.160. The minimum absolute atomic E-state index is 0.160. The van der Waals surface area contributed by atoms with Crippen molar-refractivity contribution in [3.63, 3.8) is 0 Å². The summed E-state index contributed by atoms with van der Waals surface area (Å²) >= 11 is 0. The van der Waals surface area contributed by atoms with Gasteiger partial charge in [-0.3, -0.25) is 0 Å². The Balaban J connectivity index is 4.00. The molecule has 4 heteroatoms. The van der Waals surface area contributed by atoms with Crippen molar-refractivity contribution in [2.24, 2.45) is 10.9 Å². The lowest BCUT2D eigenvalue weighted by atomic mass is 9.93. The van der Waals surface area contributed by atoms with Crippen molar-refractivity contribution < 1.29 is 9.22 Å². The fourth-order valence-corrected chi connectivity index (χ4v) is 0.998. The highest BCUT2D eigenvalue weighted by Gasteiger charge is 2.23. The van der Waals surface area contributed by atoms with Gasteiger partial charge in [0.05, 0.1) is 12.1 Å². The molecule has 0 radical (unpaired) electrons. The molecule has 11 heavy (non-hydrogen) atoms. The first-order valence-electron chi connectivity index (χ1n) is 3.63. The van der Waals surface area contributed by atoms with Crippen LogP contribution in [0, 0.1) is 5.92 Å². The molecule has 0 rings (SSSR count). The molecule has 1 atom stereocenters. The van der Waals surface area contributed by atoms with Crippen LogP contribution in [0.2, 0.25) is 0 Å². The van der Waals surface area contributed by atoms with E-state index in [1.165, 1.54) is 6.08 Å². The maximum atomic E-state index is 9.80. The zero-order valence-electron chi connectivity index (χ0n) is 7.55. The molecule has 1 unspecified atom stereocenters. The van der Waals surface area contributed by atoms with Crippen molar-refractivity contribution in [1.29, 1.82) is 0 Å². The second kappa shape index (κ2) is 4.44.